The maximum Gasteiger partial charge on any atom is 0.257 e. The van der Waals surface area contributed by atoms with Crippen molar-refractivity contribution < 1.29 is 13.9 Å². The van der Waals surface area contributed by atoms with Gasteiger partial charge >= 0.3 is 0 Å². The summed E-state index contributed by atoms with van der Waals surface area (Å²) in [5, 5.41) is 6.00. The van der Waals surface area contributed by atoms with Gasteiger partial charge in [0.2, 0.25) is 5.89 Å². The first kappa shape index (κ1) is 21.5. The smallest absolute Gasteiger partial charge is 0.257 e. The topological polar surface area (TPSA) is 76.4 Å². The second-order valence-electron chi connectivity index (χ2n) is 7.57. The van der Waals surface area contributed by atoms with Gasteiger partial charge in [-0.2, -0.15) is 0 Å². The highest BCUT2D eigenvalue weighted by Gasteiger charge is 2.16. The summed E-state index contributed by atoms with van der Waals surface area (Å²) in [4.78, 5) is 17.2. The van der Waals surface area contributed by atoms with Crippen LogP contribution in [0.5, 0.6) is 5.75 Å². The first-order valence-corrected chi connectivity index (χ1v) is 10.5. The van der Waals surface area contributed by atoms with E-state index in [0.717, 1.165) is 39.0 Å². The number of thiocarbonyl (C=S) groups is 1. The van der Waals surface area contributed by atoms with Crippen LogP contribution in [0.4, 0.5) is 5.69 Å². The molecule has 32 heavy (non-hydrogen) atoms. The number of benzene rings is 3. The van der Waals surface area contributed by atoms with Gasteiger partial charge in [-0.3, -0.25) is 10.1 Å². The van der Waals surface area contributed by atoms with E-state index in [9.17, 15) is 4.79 Å². The maximum absolute atomic E-state index is 12.5. The van der Waals surface area contributed by atoms with E-state index in [1.54, 1.807) is 31.4 Å². The Balaban J connectivity index is 1.55. The molecular formula is C25H23N3O3S. The average Bonchev–Trinajstić information content (AvgIpc) is 3.19. The first-order valence-electron chi connectivity index (χ1n) is 10.1. The molecule has 2 N–H and O–H groups in total. The number of aromatic nitrogens is 1. The molecule has 3 aromatic carbocycles. The third kappa shape index (κ3) is 4.33. The zero-order valence-corrected chi connectivity index (χ0v) is 19.1. The van der Waals surface area contributed by atoms with Gasteiger partial charge < -0.3 is 14.5 Å². The minimum atomic E-state index is -0.319. The second-order valence-corrected chi connectivity index (χ2v) is 7.98. The van der Waals surface area contributed by atoms with Crippen molar-refractivity contribution in [3.8, 4) is 17.2 Å². The molecule has 0 radical (unpaired) electrons. The summed E-state index contributed by atoms with van der Waals surface area (Å²) in [7, 11) is 1.55. The second kappa shape index (κ2) is 8.80. The molecule has 1 heterocycles. The predicted molar refractivity (Wildman–Crippen MR) is 130 cm³/mol. The molecule has 0 spiro atoms. The number of carbonyl (C=O) groups is 1. The molecule has 0 bridgehead atoms. The highest BCUT2D eigenvalue weighted by molar-refractivity contribution is 7.80. The minimum Gasteiger partial charge on any atom is -0.497 e. The lowest BCUT2D eigenvalue weighted by Gasteiger charge is -2.13. The molecule has 0 saturated carbocycles. The van der Waals surface area contributed by atoms with Crippen molar-refractivity contribution in [2.24, 2.45) is 0 Å². The summed E-state index contributed by atoms with van der Waals surface area (Å²) in [6.45, 7) is 6.01. The molecule has 0 aliphatic carbocycles. The molecule has 0 aliphatic rings. The molecule has 4 rings (SSSR count). The highest BCUT2D eigenvalue weighted by atomic mass is 32.1. The molecule has 7 heteroatoms. The van der Waals surface area contributed by atoms with Gasteiger partial charge in [-0.25, -0.2) is 4.98 Å². The Morgan fingerprint density at radius 2 is 1.84 bits per heavy atom. The number of ether oxygens (including phenoxy) is 1. The number of nitrogens with zero attached hydrogens (tertiary/aromatic N) is 1. The summed E-state index contributed by atoms with van der Waals surface area (Å²) < 4.78 is 11.2. The van der Waals surface area contributed by atoms with Crippen molar-refractivity contribution in [3.05, 3.63) is 76.9 Å². The standard InChI is InChI=1S/C25H23N3O3S/c1-14-11-15(2)22-21(12-14)26-24(31-22)19-9-6-10-20(16(19)3)27-25(32)28-23(29)17-7-5-8-18(13-17)30-4/h5-13H,1-4H3,(H2,27,28,29,32). The Bertz CT molecular complexity index is 1340. The number of nitrogens with one attached hydrogen (secondary N) is 2. The number of rotatable bonds is 4. The van der Waals surface area contributed by atoms with Gasteiger partial charge in [0.1, 0.15) is 11.3 Å². The number of hydrogen-bond acceptors (Lipinski definition) is 5. The average molecular weight is 446 g/mol. The van der Waals surface area contributed by atoms with Gasteiger partial charge in [-0.15, -0.1) is 0 Å². The first-order chi connectivity index (χ1) is 15.4. The van der Waals surface area contributed by atoms with E-state index in [-0.39, 0.29) is 11.0 Å². The Morgan fingerprint density at radius 1 is 1.06 bits per heavy atom. The third-order valence-corrected chi connectivity index (χ3v) is 5.40. The fourth-order valence-electron chi connectivity index (χ4n) is 3.59. The monoisotopic (exact) mass is 445 g/mol. The zero-order valence-electron chi connectivity index (χ0n) is 18.3. The van der Waals surface area contributed by atoms with Crippen LogP contribution >= 0.6 is 12.2 Å². The van der Waals surface area contributed by atoms with Crippen LogP contribution in [-0.2, 0) is 0 Å². The molecule has 1 aromatic heterocycles. The molecule has 0 fully saturated rings. The predicted octanol–water partition coefficient (Wildman–Crippen LogP) is 5.56. The molecular weight excluding hydrogens is 422 g/mol. The summed E-state index contributed by atoms with van der Waals surface area (Å²) in [5.74, 6) is 0.824. The summed E-state index contributed by atoms with van der Waals surface area (Å²) >= 11 is 5.36. The van der Waals surface area contributed by atoms with Crippen LogP contribution < -0.4 is 15.4 Å². The van der Waals surface area contributed by atoms with Crippen molar-refractivity contribution in [1.29, 1.82) is 0 Å². The number of oxazole rings is 1. The van der Waals surface area contributed by atoms with Gasteiger partial charge in [-0.05, 0) is 86.1 Å². The van der Waals surface area contributed by atoms with Crippen molar-refractivity contribution in [2.75, 3.05) is 12.4 Å². The van der Waals surface area contributed by atoms with Crippen LogP contribution in [-0.4, -0.2) is 23.1 Å². The largest absolute Gasteiger partial charge is 0.497 e. The van der Waals surface area contributed by atoms with Crippen LogP contribution in [0.1, 0.15) is 27.0 Å². The molecule has 6 nitrogen and oxygen atoms in total. The number of anilines is 1. The van der Waals surface area contributed by atoms with Gasteiger partial charge in [0.15, 0.2) is 10.7 Å². The lowest BCUT2D eigenvalue weighted by molar-refractivity contribution is 0.0977. The highest BCUT2D eigenvalue weighted by Crippen LogP contribution is 2.32. The van der Waals surface area contributed by atoms with Crippen LogP contribution in [0.25, 0.3) is 22.6 Å². The van der Waals surface area contributed by atoms with Crippen LogP contribution in [0.2, 0.25) is 0 Å². The van der Waals surface area contributed by atoms with E-state index in [1.165, 1.54) is 0 Å². The van der Waals surface area contributed by atoms with Crippen LogP contribution in [0.15, 0.2) is 59.0 Å². The van der Waals surface area contributed by atoms with Crippen molar-refractivity contribution in [3.63, 3.8) is 0 Å². The lowest BCUT2D eigenvalue weighted by atomic mass is 10.1. The van der Waals surface area contributed by atoms with Crippen molar-refractivity contribution in [1.82, 2.24) is 10.3 Å². The van der Waals surface area contributed by atoms with Gasteiger partial charge in [-0.1, -0.05) is 18.2 Å². The molecule has 162 valence electrons. The van der Waals surface area contributed by atoms with Crippen molar-refractivity contribution >= 4 is 40.0 Å². The van der Waals surface area contributed by atoms with E-state index in [1.807, 2.05) is 45.0 Å². The Morgan fingerprint density at radius 3 is 2.62 bits per heavy atom. The Kier molecular flexibility index (Phi) is 5.92. The van der Waals surface area contributed by atoms with E-state index in [4.69, 9.17) is 21.4 Å². The summed E-state index contributed by atoms with van der Waals surface area (Å²) in [6.07, 6.45) is 0. The molecule has 4 aromatic rings. The van der Waals surface area contributed by atoms with E-state index < -0.39 is 0 Å². The summed E-state index contributed by atoms with van der Waals surface area (Å²) in [6, 6.07) is 16.7. The van der Waals surface area contributed by atoms with E-state index >= 15 is 0 Å². The number of aryl methyl sites for hydroxylation is 2. The molecule has 0 saturated heterocycles. The molecule has 0 aliphatic heterocycles. The third-order valence-electron chi connectivity index (χ3n) is 5.19. The number of methoxy groups -OCH3 is 1. The maximum atomic E-state index is 12.5. The van der Waals surface area contributed by atoms with Crippen molar-refractivity contribution in [2.45, 2.75) is 20.8 Å². The van der Waals surface area contributed by atoms with Crippen LogP contribution in [0.3, 0.4) is 0 Å². The van der Waals surface area contributed by atoms with Gasteiger partial charge in [0.25, 0.3) is 5.91 Å². The Hall–Kier alpha value is -3.71. The van der Waals surface area contributed by atoms with Crippen LogP contribution in [0, 0.1) is 20.8 Å². The lowest BCUT2D eigenvalue weighted by Crippen LogP contribution is -2.34. The number of fused-ring (bicyclic) bond motifs is 1. The fourth-order valence-corrected chi connectivity index (χ4v) is 3.79. The fraction of sp³-hybridized carbons (Fsp3) is 0.160. The van der Waals surface area contributed by atoms with Gasteiger partial charge in [0, 0.05) is 16.8 Å². The number of hydrogen-bond donors (Lipinski definition) is 2. The molecule has 1 amide bonds. The Labute approximate surface area is 191 Å². The van der Waals surface area contributed by atoms with Gasteiger partial charge in [0.05, 0.1) is 7.11 Å². The van der Waals surface area contributed by atoms with E-state index in [0.29, 0.717) is 17.2 Å². The normalized spacial score (nSPS) is 10.8. The zero-order chi connectivity index (χ0) is 22.8. The number of amides is 1. The molecule has 0 unspecified atom stereocenters. The summed E-state index contributed by atoms with van der Waals surface area (Å²) in [5.41, 5.74) is 6.77. The van der Waals surface area contributed by atoms with E-state index in [2.05, 4.69) is 21.7 Å². The minimum absolute atomic E-state index is 0.196. The SMILES string of the molecule is COc1cccc(C(=O)NC(=S)Nc2cccc(-c3nc4cc(C)cc(C)c4o3)c2C)c1. The quantitative estimate of drug-likeness (QED) is 0.401. The number of carbonyl (C=O) groups excluding carboxylic acids is 1. The molecule has 0 atom stereocenters.